The molecule has 0 radical (unpaired) electrons. The maximum atomic E-state index is 13.3. The SMILES string of the molecule is Cc1ccc(I)c(C)c1C(=O)O[C@H]1CC[C@@]2(C)C(=CC[C@H]3[C@@H]4CC[C@H]([C@H](C)CCCC(C)C)[C@@]4(C)CC[C@@H]32)C1. The van der Waals surface area contributed by atoms with Crippen molar-refractivity contribution in [2.45, 2.75) is 125 Å². The largest absolute Gasteiger partial charge is 0.458 e. The summed E-state index contributed by atoms with van der Waals surface area (Å²) < 4.78 is 7.34. The molecule has 3 saturated carbocycles. The van der Waals surface area contributed by atoms with Crippen molar-refractivity contribution in [3.63, 3.8) is 0 Å². The van der Waals surface area contributed by atoms with Gasteiger partial charge in [-0.05, 0) is 145 Å². The van der Waals surface area contributed by atoms with E-state index in [0.717, 1.165) is 68.6 Å². The van der Waals surface area contributed by atoms with Gasteiger partial charge in [0.25, 0.3) is 0 Å². The predicted molar refractivity (Wildman–Crippen MR) is 171 cm³/mol. The Labute approximate surface area is 252 Å². The molecule has 0 amide bonds. The molecule has 0 N–H and O–H groups in total. The number of aryl methyl sites for hydroxylation is 1. The molecule has 8 atom stereocenters. The number of hydrogen-bond donors (Lipinski definition) is 0. The fraction of sp³-hybridized carbons (Fsp3) is 0.750. The standard InChI is InChI=1S/C36H53IO2/c1-22(2)9-8-10-23(3)29-14-15-30-28-13-12-26-21-27(17-19-35(26,6)31(28)18-20-36(29,30)7)39-34(38)33-24(4)11-16-32(37)25(33)5/h11-12,16,22-23,27-31H,8-10,13-15,17-21H2,1-7H3/t23-,27+,28+,29-,30+,31+,35+,36-/m1/s1. The van der Waals surface area contributed by atoms with E-state index in [-0.39, 0.29) is 12.1 Å². The number of allylic oxidation sites excluding steroid dienone is 1. The van der Waals surface area contributed by atoms with Crippen LogP contribution in [0.15, 0.2) is 23.8 Å². The number of fused-ring (bicyclic) bond motifs is 5. The van der Waals surface area contributed by atoms with E-state index >= 15 is 0 Å². The Hall–Kier alpha value is -0.840. The van der Waals surface area contributed by atoms with Crippen LogP contribution in [0.4, 0.5) is 0 Å². The van der Waals surface area contributed by atoms with Gasteiger partial charge in [0, 0.05) is 9.99 Å². The average Bonchev–Trinajstić information content (AvgIpc) is 3.24. The van der Waals surface area contributed by atoms with E-state index in [9.17, 15) is 4.79 Å². The Balaban J connectivity index is 1.27. The topological polar surface area (TPSA) is 26.3 Å². The van der Waals surface area contributed by atoms with Crippen molar-refractivity contribution in [2.24, 2.45) is 46.3 Å². The van der Waals surface area contributed by atoms with Gasteiger partial charge in [0.15, 0.2) is 0 Å². The van der Waals surface area contributed by atoms with Gasteiger partial charge in [-0.25, -0.2) is 4.79 Å². The fourth-order valence-electron chi connectivity index (χ4n) is 10.1. The van der Waals surface area contributed by atoms with Gasteiger partial charge in [-0.2, -0.15) is 0 Å². The van der Waals surface area contributed by atoms with Gasteiger partial charge in [-0.1, -0.05) is 71.6 Å². The number of esters is 1. The summed E-state index contributed by atoms with van der Waals surface area (Å²) in [6.07, 6.45) is 16.9. The molecule has 0 saturated heterocycles. The molecule has 1 aromatic carbocycles. The minimum Gasteiger partial charge on any atom is -0.458 e. The van der Waals surface area contributed by atoms with E-state index in [1.165, 1.54) is 57.8 Å². The first kappa shape index (κ1) is 29.6. The van der Waals surface area contributed by atoms with Crippen LogP contribution in [0.5, 0.6) is 0 Å². The Morgan fingerprint density at radius 1 is 1.03 bits per heavy atom. The van der Waals surface area contributed by atoms with Gasteiger partial charge in [-0.15, -0.1) is 0 Å². The fourth-order valence-corrected chi connectivity index (χ4v) is 10.5. The van der Waals surface area contributed by atoms with E-state index in [1.807, 2.05) is 19.9 Å². The summed E-state index contributed by atoms with van der Waals surface area (Å²) in [5.74, 6) is 5.04. The minimum atomic E-state index is -0.126. The summed E-state index contributed by atoms with van der Waals surface area (Å²) in [7, 11) is 0. The Bertz CT molecular complexity index is 1100. The van der Waals surface area contributed by atoms with Gasteiger partial charge in [0.05, 0.1) is 5.56 Å². The van der Waals surface area contributed by atoms with E-state index in [0.29, 0.717) is 10.8 Å². The number of carbonyl (C=O) groups excluding carboxylic acids is 1. The molecule has 216 valence electrons. The lowest BCUT2D eigenvalue weighted by Gasteiger charge is -2.58. The molecule has 3 heteroatoms. The van der Waals surface area contributed by atoms with Crippen LogP contribution in [0, 0.1) is 63.8 Å². The van der Waals surface area contributed by atoms with Crippen LogP contribution in [0.2, 0.25) is 0 Å². The molecule has 5 rings (SSSR count). The highest BCUT2D eigenvalue weighted by molar-refractivity contribution is 14.1. The quantitative estimate of drug-likeness (QED) is 0.168. The van der Waals surface area contributed by atoms with E-state index in [1.54, 1.807) is 5.57 Å². The summed E-state index contributed by atoms with van der Waals surface area (Å²) >= 11 is 2.32. The Kier molecular flexibility index (Phi) is 8.70. The molecule has 0 bridgehead atoms. The van der Waals surface area contributed by atoms with E-state index in [2.05, 4.69) is 69.4 Å². The van der Waals surface area contributed by atoms with Crippen molar-refractivity contribution in [2.75, 3.05) is 0 Å². The van der Waals surface area contributed by atoms with Crippen LogP contribution in [0.25, 0.3) is 0 Å². The number of hydrogen-bond acceptors (Lipinski definition) is 2. The second-order valence-corrected chi connectivity index (χ2v) is 16.1. The van der Waals surface area contributed by atoms with Gasteiger partial charge < -0.3 is 4.74 Å². The minimum absolute atomic E-state index is 0.0152. The third-order valence-electron chi connectivity index (χ3n) is 12.3. The molecule has 4 aliphatic rings. The van der Waals surface area contributed by atoms with Gasteiger partial charge >= 0.3 is 5.97 Å². The molecule has 0 aromatic heterocycles. The molecule has 2 nitrogen and oxygen atoms in total. The number of rotatable bonds is 7. The monoisotopic (exact) mass is 644 g/mol. The zero-order valence-corrected chi connectivity index (χ0v) is 27.9. The van der Waals surface area contributed by atoms with Crippen LogP contribution >= 0.6 is 22.6 Å². The van der Waals surface area contributed by atoms with E-state index < -0.39 is 0 Å². The Morgan fingerprint density at radius 2 is 1.79 bits per heavy atom. The maximum absolute atomic E-state index is 13.3. The lowest BCUT2D eigenvalue weighted by molar-refractivity contribution is -0.0594. The normalized spacial score (nSPS) is 36.5. The summed E-state index contributed by atoms with van der Waals surface area (Å²) in [5.41, 5.74) is 5.28. The van der Waals surface area contributed by atoms with Crippen molar-refractivity contribution in [3.8, 4) is 0 Å². The second-order valence-electron chi connectivity index (χ2n) is 14.9. The molecular weight excluding hydrogens is 591 g/mol. The lowest BCUT2D eigenvalue weighted by Crippen LogP contribution is -2.51. The smallest absolute Gasteiger partial charge is 0.338 e. The molecule has 0 heterocycles. The summed E-state index contributed by atoms with van der Waals surface area (Å²) in [4.78, 5) is 13.3. The molecular formula is C36H53IO2. The van der Waals surface area contributed by atoms with E-state index in [4.69, 9.17) is 4.74 Å². The van der Waals surface area contributed by atoms with Crippen molar-refractivity contribution in [1.29, 1.82) is 0 Å². The summed E-state index contributed by atoms with van der Waals surface area (Å²) in [5, 5.41) is 0. The average molecular weight is 645 g/mol. The third-order valence-corrected chi connectivity index (χ3v) is 13.5. The van der Waals surface area contributed by atoms with Crippen LogP contribution in [0.1, 0.15) is 127 Å². The number of ether oxygens (including phenoxy) is 1. The Morgan fingerprint density at radius 3 is 2.54 bits per heavy atom. The highest BCUT2D eigenvalue weighted by atomic mass is 127. The molecule has 0 unspecified atom stereocenters. The highest BCUT2D eigenvalue weighted by Gasteiger charge is 2.59. The van der Waals surface area contributed by atoms with Crippen molar-refractivity contribution in [3.05, 3.63) is 44.0 Å². The number of halogens is 1. The zero-order valence-electron chi connectivity index (χ0n) is 25.7. The molecule has 4 aliphatic carbocycles. The summed E-state index contributed by atoms with van der Waals surface area (Å²) in [6.45, 7) is 16.7. The first-order chi connectivity index (χ1) is 18.5. The van der Waals surface area contributed by atoms with Crippen LogP contribution in [0.3, 0.4) is 0 Å². The zero-order chi connectivity index (χ0) is 28.1. The van der Waals surface area contributed by atoms with Crippen LogP contribution < -0.4 is 0 Å². The number of carbonyl (C=O) groups is 1. The van der Waals surface area contributed by atoms with Crippen LogP contribution in [-0.4, -0.2) is 12.1 Å². The maximum Gasteiger partial charge on any atom is 0.338 e. The molecule has 0 spiro atoms. The first-order valence-electron chi connectivity index (χ1n) is 16.1. The lowest BCUT2D eigenvalue weighted by atomic mass is 9.47. The first-order valence-corrected chi connectivity index (χ1v) is 17.2. The van der Waals surface area contributed by atoms with Crippen molar-refractivity contribution < 1.29 is 9.53 Å². The van der Waals surface area contributed by atoms with Gasteiger partial charge in [0.1, 0.15) is 6.10 Å². The van der Waals surface area contributed by atoms with Gasteiger partial charge in [0.2, 0.25) is 0 Å². The molecule has 1 aromatic rings. The third kappa shape index (κ3) is 5.41. The van der Waals surface area contributed by atoms with Crippen molar-refractivity contribution in [1.82, 2.24) is 0 Å². The molecule has 39 heavy (non-hydrogen) atoms. The van der Waals surface area contributed by atoms with Crippen LogP contribution in [-0.2, 0) is 4.74 Å². The predicted octanol–water partition coefficient (Wildman–Crippen LogP) is 10.5. The summed E-state index contributed by atoms with van der Waals surface area (Å²) in [6, 6.07) is 4.14. The molecule has 0 aliphatic heterocycles. The highest BCUT2D eigenvalue weighted by Crippen LogP contribution is 2.67. The molecule has 3 fully saturated rings. The van der Waals surface area contributed by atoms with Gasteiger partial charge in [-0.3, -0.25) is 0 Å². The number of benzene rings is 1. The van der Waals surface area contributed by atoms with Crippen molar-refractivity contribution >= 4 is 28.6 Å². The second kappa shape index (κ2) is 11.4.